The summed E-state index contributed by atoms with van der Waals surface area (Å²) in [7, 11) is -7.87. The van der Waals surface area contributed by atoms with E-state index in [4.69, 9.17) is 0 Å². The molecule has 2 N–H and O–H groups in total. The second-order valence-electron chi connectivity index (χ2n) is 11.1. The molecule has 1 unspecified atom stereocenters. The van der Waals surface area contributed by atoms with Gasteiger partial charge in [-0.1, -0.05) is 12.1 Å². The lowest BCUT2D eigenvalue weighted by molar-refractivity contribution is -0.134. The summed E-state index contributed by atoms with van der Waals surface area (Å²) in [6.45, 7) is 0.442. The summed E-state index contributed by atoms with van der Waals surface area (Å²) in [5, 5.41) is 14.4. The topological polar surface area (TPSA) is 136 Å². The molecule has 13 heteroatoms. The quantitative estimate of drug-likeness (QED) is 0.562. The Kier molecular flexibility index (Phi) is 5.60. The van der Waals surface area contributed by atoms with Crippen LogP contribution in [-0.4, -0.2) is 56.9 Å². The summed E-state index contributed by atoms with van der Waals surface area (Å²) in [6, 6.07) is 9.87. The monoisotopic (exact) mass is 586 g/mol. The van der Waals surface area contributed by atoms with Crippen molar-refractivity contribution < 1.29 is 31.1 Å². The molecule has 0 radical (unpaired) electrons. The minimum absolute atomic E-state index is 0.00857. The molecule has 3 aliphatic heterocycles. The number of carbonyl (C=O) groups excluding carboxylic acids is 1. The van der Waals surface area contributed by atoms with Crippen LogP contribution >= 0.6 is 0 Å². The predicted octanol–water partition coefficient (Wildman–Crippen LogP) is 3.15. The predicted molar refractivity (Wildman–Crippen MR) is 145 cm³/mol. The number of halogens is 1. The van der Waals surface area contributed by atoms with Gasteiger partial charge in [-0.2, -0.15) is 8.42 Å². The molecule has 40 heavy (non-hydrogen) atoms. The van der Waals surface area contributed by atoms with Gasteiger partial charge in [0.1, 0.15) is 22.0 Å². The van der Waals surface area contributed by atoms with Crippen molar-refractivity contribution in [1.82, 2.24) is 4.90 Å². The Bertz CT molecular complexity index is 1720. The molecule has 2 aromatic carbocycles. The molecular formula is C27H27FN4O6S2. The number of nitrogens with one attached hydrogen (secondary N) is 1. The van der Waals surface area contributed by atoms with E-state index in [1.165, 1.54) is 34.6 Å². The van der Waals surface area contributed by atoms with Crippen LogP contribution in [-0.2, 0) is 31.4 Å². The lowest BCUT2D eigenvalue weighted by atomic mass is 9.77. The highest BCUT2D eigenvalue weighted by Gasteiger charge is 2.57. The first-order valence-electron chi connectivity index (χ1n) is 13.3. The van der Waals surface area contributed by atoms with Crippen LogP contribution in [0.1, 0.15) is 31.2 Å². The van der Waals surface area contributed by atoms with Crippen LogP contribution in [0.25, 0.3) is 0 Å². The van der Waals surface area contributed by atoms with Crippen molar-refractivity contribution in [2.75, 3.05) is 21.9 Å². The molecule has 0 spiro atoms. The molecule has 5 aliphatic rings. The Morgan fingerprint density at radius 3 is 2.52 bits per heavy atom. The first-order chi connectivity index (χ1) is 19.0. The zero-order valence-electron chi connectivity index (χ0n) is 21.3. The van der Waals surface area contributed by atoms with Crippen LogP contribution in [0, 0.1) is 23.6 Å². The van der Waals surface area contributed by atoms with Crippen LogP contribution in [0.3, 0.4) is 0 Å². The van der Waals surface area contributed by atoms with Gasteiger partial charge in [0, 0.05) is 25.0 Å². The van der Waals surface area contributed by atoms with E-state index in [1.807, 2.05) is 0 Å². The third kappa shape index (κ3) is 3.85. The Balaban J connectivity index is 1.28. The van der Waals surface area contributed by atoms with Crippen molar-refractivity contribution in [3.63, 3.8) is 0 Å². The van der Waals surface area contributed by atoms with Gasteiger partial charge in [-0.05, 0) is 73.4 Å². The van der Waals surface area contributed by atoms with E-state index in [9.17, 15) is 31.1 Å². The van der Waals surface area contributed by atoms with Crippen LogP contribution in [0.4, 0.5) is 15.8 Å². The van der Waals surface area contributed by atoms with Gasteiger partial charge < -0.3 is 15.3 Å². The van der Waals surface area contributed by atoms with E-state index in [-0.39, 0.29) is 81.9 Å². The number of benzene rings is 2. The molecule has 4 atom stereocenters. The number of rotatable bonds is 4. The van der Waals surface area contributed by atoms with Crippen LogP contribution in [0.5, 0.6) is 0 Å². The molecule has 7 rings (SSSR count). The van der Waals surface area contributed by atoms with Gasteiger partial charge in [0.05, 0.1) is 17.1 Å². The number of aliphatic hydroxyl groups excluding tert-OH is 1. The average Bonchev–Trinajstić information content (AvgIpc) is 3.62. The maximum atomic E-state index is 14.0. The third-order valence-electron chi connectivity index (χ3n) is 8.88. The fourth-order valence-corrected chi connectivity index (χ4v) is 9.87. The summed E-state index contributed by atoms with van der Waals surface area (Å²) < 4.78 is 70.1. The fraction of sp³-hybridized carbons (Fsp3) is 0.407. The molecular weight excluding hydrogens is 559 g/mol. The van der Waals surface area contributed by atoms with Crippen molar-refractivity contribution in [3.05, 3.63) is 65.2 Å². The zero-order chi connectivity index (χ0) is 28.0. The molecule has 2 aliphatic carbocycles. The summed E-state index contributed by atoms with van der Waals surface area (Å²) >= 11 is 0. The normalized spacial score (nSPS) is 29.7. The standard InChI is InChI=1S/C27H27FN4O6S2/c28-18-6-2-15(3-7-18)14-31-24-17-5-4-16(12-17)22(24)25(33)23(27(31)34)26-29-20-9-8-19(13-21(20)40(37,38)30-26)32-10-1-11-39(32,35)36/h2-3,6-9,13,16-17,22,24,33H,1,4-5,10-12,14H2,(H,29,30)/t16-,17+,22+,24?/m0/s1. The summed E-state index contributed by atoms with van der Waals surface area (Å²) in [5.74, 6) is -1.32. The molecule has 210 valence electrons. The summed E-state index contributed by atoms with van der Waals surface area (Å²) in [6.07, 6.45) is 3.16. The molecule has 10 nitrogen and oxygen atoms in total. The number of fused-ring (bicyclic) bond motifs is 6. The number of amides is 1. The Labute approximate surface area is 231 Å². The largest absolute Gasteiger partial charge is 0.511 e. The summed E-state index contributed by atoms with van der Waals surface area (Å²) in [4.78, 5) is 15.5. The first-order valence-corrected chi connectivity index (χ1v) is 16.3. The van der Waals surface area contributed by atoms with Crippen LogP contribution in [0.15, 0.2) is 63.1 Å². The molecule has 1 amide bonds. The van der Waals surface area contributed by atoms with Crippen molar-refractivity contribution in [1.29, 1.82) is 0 Å². The average molecular weight is 587 g/mol. The minimum Gasteiger partial charge on any atom is -0.511 e. The highest BCUT2D eigenvalue weighted by atomic mass is 32.2. The van der Waals surface area contributed by atoms with E-state index in [0.29, 0.717) is 6.42 Å². The van der Waals surface area contributed by atoms with Crippen molar-refractivity contribution in [2.24, 2.45) is 22.2 Å². The molecule has 2 aromatic rings. The van der Waals surface area contributed by atoms with E-state index in [1.54, 1.807) is 17.0 Å². The number of nitrogens with zero attached hydrogens (tertiary/aromatic N) is 3. The van der Waals surface area contributed by atoms with Gasteiger partial charge in [0.2, 0.25) is 10.0 Å². The molecule has 0 aromatic heterocycles. The smallest absolute Gasteiger partial charge is 0.286 e. The van der Waals surface area contributed by atoms with Crippen LogP contribution < -0.4 is 9.62 Å². The number of carbonyl (C=O) groups is 1. The van der Waals surface area contributed by atoms with Crippen molar-refractivity contribution >= 4 is 43.2 Å². The van der Waals surface area contributed by atoms with E-state index in [2.05, 4.69) is 9.71 Å². The Hall–Kier alpha value is -3.45. The second-order valence-corrected chi connectivity index (χ2v) is 14.7. The molecule has 2 saturated carbocycles. The number of anilines is 2. The van der Waals surface area contributed by atoms with Crippen molar-refractivity contribution in [3.8, 4) is 0 Å². The van der Waals surface area contributed by atoms with Gasteiger partial charge >= 0.3 is 0 Å². The highest BCUT2D eigenvalue weighted by Crippen LogP contribution is 2.55. The number of hydrogen-bond acceptors (Lipinski definition) is 7. The fourth-order valence-electron chi connectivity index (χ4n) is 7.18. The third-order valence-corrected chi connectivity index (χ3v) is 12.1. The van der Waals surface area contributed by atoms with Gasteiger partial charge in [0.25, 0.3) is 15.9 Å². The van der Waals surface area contributed by atoms with Gasteiger partial charge in [-0.3, -0.25) is 9.10 Å². The maximum Gasteiger partial charge on any atom is 0.286 e. The first kappa shape index (κ1) is 25.5. The zero-order valence-corrected chi connectivity index (χ0v) is 23.0. The Morgan fingerprint density at radius 2 is 1.80 bits per heavy atom. The SMILES string of the molecule is O=C1C(C2=NS(=O)(=O)c3cc(N4CCCS4(=O)=O)ccc3N2)=C(O)[C@H]2C([C@@H]3CC[C@H]2C3)N1Cc1ccc(F)cc1. The number of sulfonamides is 2. The van der Waals surface area contributed by atoms with E-state index >= 15 is 0 Å². The molecule has 2 bridgehead atoms. The number of amidine groups is 1. The lowest BCUT2D eigenvalue weighted by Gasteiger charge is -2.44. The van der Waals surface area contributed by atoms with Crippen LogP contribution in [0.2, 0.25) is 0 Å². The maximum absolute atomic E-state index is 14.0. The van der Waals surface area contributed by atoms with E-state index in [0.717, 1.165) is 24.8 Å². The highest BCUT2D eigenvalue weighted by molar-refractivity contribution is 7.93. The molecule has 3 fully saturated rings. The molecule has 1 saturated heterocycles. The van der Waals surface area contributed by atoms with Gasteiger partial charge in [0.15, 0.2) is 5.84 Å². The van der Waals surface area contributed by atoms with Gasteiger partial charge in [-0.25, -0.2) is 12.8 Å². The number of aliphatic hydroxyl groups is 1. The number of hydrogen-bond donors (Lipinski definition) is 2. The van der Waals surface area contributed by atoms with Crippen molar-refractivity contribution in [2.45, 2.75) is 43.2 Å². The van der Waals surface area contributed by atoms with Gasteiger partial charge in [-0.15, -0.1) is 4.40 Å². The Morgan fingerprint density at radius 1 is 1.05 bits per heavy atom. The molecule has 3 heterocycles. The second kappa shape index (κ2) is 8.77. The summed E-state index contributed by atoms with van der Waals surface area (Å²) in [5.41, 5.74) is 0.902. The van der Waals surface area contributed by atoms with E-state index < -0.39 is 26.0 Å². The minimum atomic E-state index is -4.34. The lowest BCUT2D eigenvalue weighted by Crippen LogP contribution is -2.53.